The van der Waals surface area contributed by atoms with Crippen LogP contribution in [0.1, 0.15) is 5.56 Å². The lowest BCUT2D eigenvalue weighted by Crippen LogP contribution is -2.09. The van der Waals surface area contributed by atoms with Crippen LogP contribution in [0.3, 0.4) is 0 Å². The maximum Gasteiger partial charge on any atom is 0.251 e. The molecule has 0 aliphatic heterocycles. The molecule has 0 aliphatic rings. The third-order valence-electron chi connectivity index (χ3n) is 3.36. The van der Waals surface area contributed by atoms with Crippen LogP contribution in [-0.4, -0.2) is 8.42 Å². The second-order valence-corrected chi connectivity index (χ2v) is 9.67. The van der Waals surface area contributed by atoms with Gasteiger partial charge < -0.3 is 0 Å². The standard InChI is InChI=1S/C17H9BrCl2O3S2/c18-12-2-4-15-11(7-12)8-16(17(21)24-15)25(22,23)6-5-10-1-3-13(19)9-14(10)20/h1-9H/b6-5-. The molecule has 2 aromatic carbocycles. The van der Waals surface area contributed by atoms with Gasteiger partial charge in [-0.2, -0.15) is 0 Å². The minimum atomic E-state index is -3.91. The number of hydrogen-bond acceptors (Lipinski definition) is 4. The minimum Gasteiger partial charge on any atom is -0.276 e. The van der Waals surface area contributed by atoms with Crippen molar-refractivity contribution in [3.8, 4) is 0 Å². The van der Waals surface area contributed by atoms with Gasteiger partial charge >= 0.3 is 0 Å². The highest BCUT2D eigenvalue weighted by Gasteiger charge is 2.17. The minimum absolute atomic E-state index is 0.260. The van der Waals surface area contributed by atoms with Crippen LogP contribution in [0, 0.1) is 0 Å². The SMILES string of the molecule is O=c1sc2ccc(Br)cc2cc1S(=O)(=O)/C=C\c1ccc(Cl)cc1Cl. The van der Waals surface area contributed by atoms with Gasteiger partial charge in [0, 0.05) is 24.6 Å². The monoisotopic (exact) mass is 474 g/mol. The highest BCUT2D eigenvalue weighted by Crippen LogP contribution is 2.26. The second kappa shape index (κ2) is 7.21. The van der Waals surface area contributed by atoms with Gasteiger partial charge in [-0.25, -0.2) is 8.42 Å². The van der Waals surface area contributed by atoms with Gasteiger partial charge in [0.05, 0.1) is 0 Å². The van der Waals surface area contributed by atoms with E-state index < -0.39 is 14.6 Å². The highest BCUT2D eigenvalue weighted by molar-refractivity contribution is 9.10. The van der Waals surface area contributed by atoms with E-state index in [0.717, 1.165) is 25.9 Å². The molecule has 0 amide bonds. The molecule has 1 heterocycles. The summed E-state index contributed by atoms with van der Waals surface area (Å²) in [4.78, 5) is 12.0. The Labute approximate surface area is 166 Å². The van der Waals surface area contributed by atoms with E-state index in [1.807, 2.05) is 0 Å². The van der Waals surface area contributed by atoms with Crippen LogP contribution in [0.2, 0.25) is 10.0 Å². The first-order valence-electron chi connectivity index (χ1n) is 6.88. The fraction of sp³-hybridized carbons (Fsp3) is 0. The van der Waals surface area contributed by atoms with E-state index in [1.54, 1.807) is 30.3 Å². The molecule has 0 spiro atoms. The average molecular weight is 476 g/mol. The predicted octanol–water partition coefficient (Wildman–Crippen LogP) is 5.78. The van der Waals surface area contributed by atoms with Crippen LogP contribution in [-0.2, 0) is 9.84 Å². The molecule has 0 radical (unpaired) electrons. The first-order valence-corrected chi connectivity index (χ1v) is 10.8. The fourth-order valence-corrected chi connectivity index (χ4v) is 5.20. The number of benzene rings is 2. The van der Waals surface area contributed by atoms with Crippen LogP contribution in [0.4, 0.5) is 0 Å². The van der Waals surface area contributed by atoms with Gasteiger partial charge in [0.1, 0.15) is 4.90 Å². The van der Waals surface area contributed by atoms with E-state index in [2.05, 4.69) is 15.9 Å². The van der Waals surface area contributed by atoms with Crippen LogP contribution in [0.5, 0.6) is 0 Å². The van der Waals surface area contributed by atoms with Crippen molar-refractivity contribution in [1.29, 1.82) is 0 Å². The summed E-state index contributed by atoms with van der Waals surface area (Å²) in [6.07, 6.45) is 1.35. The molecule has 0 saturated heterocycles. The Morgan fingerprint density at radius 2 is 1.80 bits per heavy atom. The lowest BCUT2D eigenvalue weighted by Gasteiger charge is -2.02. The molecular formula is C17H9BrCl2O3S2. The van der Waals surface area contributed by atoms with Crippen molar-refractivity contribution >= 4 is 76.5 Å². The summed E-state index contributed by atoms with van der Waals surface area (Å²) < 4.78 is 26.2. The number of sulfone groups is 1. The van der Waals surface area contributed by atoms with E-state index in [9.17, 15) is 13.2 Å². The van der Waals surface area contributed by atoms with E-state index in [4.69, 9.17) is 23.2 Å². The van der Waals surface area contributed by atoms with Crippen molar-refractivity contribution in [2.45, 2.75) is 4.90 Å². The lowest BCUT2D eigenvalue weighted by atomic mass is 10.2. The van der Waals surface area contributed by atoms with Crippen molar-refractivity contribution in [3.05, 3.63) is 77.5 Å². The Bertz CT molecular complexity index is 1170. The van der Waals surface area contributed by atoms with E-state index in [1.165, 1.54) is 18.2 Å². The van der Waals surface area contributed by atoms with Gasteiger partial charge in [-0.15, -0.1) is 0 Å². The van der Waals surface area contributed by atoms with Crippen LogP contribution in [0.25, 0.3) is 16.2 Å². The zero-order valence-corrected chi connectivity index (χ0v) is 17.1. The number of halogens is 3. The molecule has 3 aromatic rings. The molecule has 0 N–H and O–H groups in total. The normalized spacial score (nSPS) is 12.1. The summed E-state index contributed by atoms with van der Waals surface area (Å²) in [6.45, 7) is 0. The highest BCUT2D eigenvalue weighted by atomic mass is 79.9. The summed E-state index contributed by atoms with van der Waals surface area (Å²) in [5.41, 5.74) is 0.495. The molecule has 0 unspecified atom stereocenters. The molecule has 8 heteroatoms. The first kappa shape index (κ1) is 18.6. The molecular weight excluding hydrogens is 467 g/mol. The zero-order chi connectivity index (χ0) is 18.2. The third kappa shape index (κ3) is 4.15. The summed E-state index contributed by atoms with van der Waals surface area (Å²) in [5.74, 6) is 0. The van der Waals surface area contributed by atoms with Crippen LogP contribution < -0.4 is 4.74 Å². The number of fused-ring (bicyclic) bond motifs is 1. The first-order chi connectivity index (χ1) is 11.8. The van der Waals surface area contributed by atoms with Gasteiger partial charge in [-0.1, -0.05) is 56.5 Å². The maximum absolute atomic E-state index is 12.6. The number of hydrogen-bond donors (Lipinski definition) is 0. The summed E-state index contributed by atoms with van der Waals surface area (Å²) in [7, 11) is -3.91. The Morgan fingerprint density at radius 1 is 1.04 bits per heavy atom. The zero-order valence-electron chi connectivity index (χ0n) is 12.4. The molecule has 3 rings (SSSR count). The summed E-state index contributed by atoms with van der Waals surface area (Å²) in [6, 6.07) is 11.5. The van der Waals surface area contributed by atoms with Gasteiger partial charge in [0.2, 0.25) is 9.84 Å². The molecule has 128 valence electrons. The Balaban J connectivity index is 2.07. The largest absolute Gasteiger partial charge is 0.276 e. The van der Waals surface area contributed by atoms with Crippen molar-refractivity contribution in [2.24, 2.45) is 0 Å². The van der Waals surface area contributed by atoms with Crippen molar-refractivity contribution in [1.82, 2.24) is 0 Å². The molecule has 0 saturated carbocycles. The molecule has 0 aliphatic carbocycles. The Kier molecular flexibility index (Phi) is 5.37. The Morgan fingerprint density at radius 3 is 2.52 bits per heavy atom. The van der Waals surface area contributed by atoms with Gasteiger partial charge in [-0.3, -0.25) is 4.79 Å². The van der Waals surface area contributed by atoms with Crippen molar-refractivity contribution < 1.29 is 8.42 Å². The quantitative estimate of drug-likeness (QED) is 0.482. The number of rotatable bonds is 3. The maximum atomic E-state index is 12.6. The third-order valence-corrected chi connectivity index (χ3v) is 6.95. The molecule has 0 atom stereocenters. The van der Waals surface area contributed by atoms with Crippen molar-refractivity contribution in [2.75, 3.05) is 0 Å². The van der Waals surface area contributed by atoms with Gasteiger partial charge in [0.15, 0.2) is 0 Å². The molecule has 1 aromatic heterocycles. The molecule has 25 heavy (non-hydrogen) atoms. The Hall–Kier alpha value is -1.18. The van der Waals surface area contributed by atoms with Crippen molar-refractivity contribution in [3.63, 3.8) is 0 Å². The summed E-state index contributed by atoms with van der Waals surface area (Å²) in [5, 5.41) is 2.44. The van der Waals surface area contributed by atoms with Crippen LogP contribution >= 0.6 is 50.5 Å². The average Bonchev–Trinajstić information content (AvgIpc) is 2.53. The second-order valence-electron chi connectivity index (χ2n) is 5.09. The van der Waals surface area contributed by atoms with E-state index in [-0.39, 0.29) is 4.90 Å². The van der Waals surface area contributed by atoms with Gasteiger partial charge in [0.25, 0.3) is 4.74 Å². The molecule has 3 nitrogen and oxygen atoms in total. The van der Waals surface area contributed by atoms with Crippen LogP contribution in [0.15, 0.2) is 62.0 Å². The smallest absolute Gasteiger partial charge is 0.251 e. The molecule has 0 fully saturated rings. The van der Waals surface area contributed by atoms with Gasteiger partial charge in [-0.05, 0) is 53.4 Å². The van der Waals surface area contributed by atoms with E-state index >= 15 is 0 Å². The fourth-order valence-electron chi connectivity index (χ4n) is 2.15. The van der Waals surface area contributed by atoms with E-state index in [0.29, 0.717) is 21.0 Å². The topological polar surface area (TPSA) is 51.2 Å². The lowest BCUT2D eigenvalue weighted by molar-refractivity contribution is 0.604. The molecule has 0 bridgehead atoms. The summed E-state index contributed by atoms with van der Waals surface area (Å²) >= 11 is 16.1. The predicted molar refractivity (Wildman–Crippen MR) is 108 cm³/mol.